The number of rotatable bonds is 4. The number of anilines is 1. The van der Waals surface area contributed by atoms with Gasteiger partial charge in [-0.25, -0.2) is 9.67 Å². The smallest absolute Gasteiger partial charge is 0.128 e. The molecule has 5 rings (SSSR count). The minimum Gasteiger partial charge on any atom is -0.371 e. The Morgan fingerprint density at radius 2 is 1.86 bits per heavy atom. The van der Waals surface area contributed by atoms with Crippen LogP contribution in [0, 0.1) is 0 Å². The van der Waals surface area contributed by atoms with Gasteiger partial charge in [0.1, 0.15) is 5.82 Å². The Balaban J connectivity index is 1.38. The van der Waals surface area contributed by atoms with Crippen LogP contribution in [0.4, 0.5) is 5.82 Å². The van der Waals surface area contributed by atoms with Gasteiger partial charge < -0.3 is 15.0 Å². The first-order valence-corrected chi connectivity index (χ1v) is 10.1. The van der Waals surface area contributed by atoms with Crippen molar-refractivity contribution >= 4 is 5.82 Å². The summed E-state index contributed by atoms with van der Waals surface area (Å²) in [6.45, 7) is 4.76. The van der Waals surface area contributed by atoms with Gasteiger partial charge >= 0.3 is 0 Å². The lowest BCUT2D eigenvalue weighted by Gasteiger charge is -2.24. The van der Waals surface area contributed by atoms with Crippen LogP contribution in [0.15, 0.2) is 54.9 Å². The van der Waals surface area contributed by atoms with E-state index in [9.17, 15) is 0 Å². The quantitative estimate of drug-likeness (QED) is 0.759. The van der Waals surface area contributed by atoms with Gasteiger partial charge in [0.2, 0.25) is 0 Å². The molecule has 2 aromatic heterocycles. The van der Waals surface area contributed by atoms with Gasteiger partial charge in [0.25, 0.3) is 0 Å². The van der Waals surface area contributed by atoms with E-state index in [0.717, 1.165) is 55.5 Å². The maximum atomic E-state index is 5.84. The Hall–Kier alpha value is -2.70. The predicted molar refractivity (Wildman–Crippen MR) is 110 cm³/mol. The lowest BCUT2D eigenvalue weighted by Crippen LogP contribution is -2.33. The molecule has 2 saturated heterocycles. The van der Waals surface area contributed by atoms with Crippen LogP contribution in [0.1, 0.15) is 24.5 Å². The molecule has 0 bridgehead atoms. The van der Waals surface area contributed by atoms with Crippen LogP contribution in [0.3, 0.4) is 0 Å². The second-order valence-corrected chi connectivity index (χ2v) is 7.38. The molecular weight excluding hydrogens is 350 g/mol. The minimum absolute atomic E-state index is 0.127. The second kappa shape index (κ2) is 7.73. The zero-order valence-electron chi connectivity index (χ0n) is 15.9. The largest absolute Gasteiger partial charge is 0.371 e. The fraction of sp³-hybridized carbons (Fsp3) is 0.364. The molecule has 1 aromatic carbocycles. The van der Waals surface area contributed by atoms with Crippen molar-refractivity contribution < 1.29 is 4.74 Å². The van der Waals surface area contributed by atoms with Crippen molar-refractivity contribution in [2.24, 2.45) is 0 Å². The number of pyridine rings is 1. The zero-order chi connectivity index (χ0) is 18.8. The van der Waals surface area contributed by atoms with Gasteiger partial charge in [-0.2, -0.15) is 5.10 Å². The van der Waals surface area contributed by atoms with Crippen molar-refractivity contribution in [3.05, 3.63) is 60.4 Å². The molecule has 1 atom stereocenters. The van der Waals surface area contributed by atoms with Gasteiger partial charge in [-0.05, 0) is 48.7 Å². The second-order valence-electron chi connectivity index (χ2n) is 7.38. The first kappa shape index (κ1) is 17.4. The van der Waals surface area contributed by atoms with Gasteiger partial charge in [0.05, 0.1) is 30.3 Å². The molecule has 0 spiro atoms. The van der Waals surface area contributed by atoms with Crippen molar-refractivity contribution in [2.75, 3.05) is 37.7 Å². The Kier molecular flexibility index (Phi) is 4.81. The summed E-state index contributed by atoms with van der Waals surface area (Å²) in [5.41, 5.74) is 4.35. The number of benzene rings is 1. The highest BCUT2D eigenvalue weighted by Gasteiger charge is 2.17. The van der Waals surface area contributed by atoms with Crippen LogP contribution in [-0.2, 0) is 4.74 Å². The molecule has 0 saturated carbocycles. The molecule has 1 unspecified atom stereocenters. The Morgan fingerprint density at radius 3 is 2.57 bits per heavy atom. The van der Waals surface area contributed by atoms with E-state index >= 15 is 0 Å². The highest BCUT2D eigenvalue weighted by Crippen LogP contribution is 2.26. The Bertz CT molecular complexity index is 907. The molecule has 0 radical (unpaired) electrons. The van der Waals surface area contributed by atoms with E-state index in [1.54, 1.807) is 0 Å². The summed E-state index contributed by atoms with van der Waals surface area (Å²) in [5, 5.41) is 7.92. The van der Waals surface area contributed by atoms with Crippen molar-refractivity contribution in [3.63, 3.8) is 0 Å². The van der Waals surface area contributed by atoms with E-state index < -0.39 is 0 Å². The molecule has 1 N–H and O–H groups in total. The average molecular weight is 375 g/mol. The van der Waals surface area contributed by atoms with Gasteiger partial charge in [-0.15, -0.1) is 0 Å². The van der Waals surface area contributed by atoms with Crippen LogP contribution in [0.2, 0.25) is 0 Å². The number of nitrogens with one attached hydrogen (secondary N) is 1. The van der Waals surface area contributed by atoms with E-state index in [2.05, 4.69) is 56.7 Å². The molecule has 6 nitrogen and oxygen atoms in total. The maximum absolute atomic E-state index is 5.84. The predicted octanol–water partition coefficient (Wildman–Crippen LogP) is 3.20. The molecule has 3 aromatic rings. The number of aromatic nitrogens is 3. The molecule has 0 aliphatic carbocycles. The van der Waals surface area contributed by atoms with E-state index in [0.29, 0.717) is 0 Å². The van der Waals surface area contributed by atoms with E-state index in [4.69, 9.17) is 4.74 Å². The van der Waals surface area contributed by atoms with Crippen molar-refractivity contribution in [3.8, 4) is 16.9 Å². The summed E-state index contributed by atoms with van der Waals surface area (Å²) in [7, 11) is 0. The summed E-state index contributed by atoms with van der Waals surface area (Å²) >= 11 is 0. The molecule has 2 aliphatic rings. The van der Waals surface area contributed by atoms with Gasteiger partial charge in [-0.3, -0.25) is 0 Å². The highest BCUT2D eigenvalue weighted by atomic mass is 16.5. The van der Waals surface area contributed by atoms with E-state index in [1.165, 1.54) is 18.4 Å². The van der Waals surface area contributed by atoms with Crippen LogP contribution < -0.4 is 10.2 Å². The third-order valence-corrected chi connectivity index (χ3v) is 5.55. The molecule has 144 valence electrons. The number of hydrogen-bond donors (Lipinski definition) is 1. The molecule has 2 fully saturated rings. The van der Waals surface area contributed by atoms with Crippen LogP contribution in [-0.4, -0.2) is 47.6 Å². The SMILES string of the molecule is c1cc(-c2ccc(N3CCCC3)nc2)n(-c2ccc(C3CNCCO3)cc2)n1. The minimum atomic E-state index is 0.127. The average Bonchev–Trinajstić information content (AvgIpc) is 3.47. The number of ether oxygens (including phenoxy) is 1. The molecule has 6 heteroatoms. The normalized spacial score (nSPS) is 19.9. The fourth-order valence-electron chi connectivity index (χ4n) is 4.01. The summed E-state index contributed by atoms with van der Waals surface area (Å²) in [6, 6.07) is 14.8. The van der Waals surface area contributed by atoms with Crippen molar-refractivity contribution in [1.82, 2.24) is 20.1 Å². The highest BCUT2D eigenvalue weighted by molar-refractivity contribution is 5.62. The Labute approximate surface area is 165 Å². The molecule has 0 amide bonds. The standard InChI is InChI=1S/C22H25N5O/c1-2-13-26(12-1)22-8-5-18(15-24-22)20-9-10-25-27(20)19-6-3-17(4-7-19)21-16-23-11-14-28-21/h3-10,15,21,23H,1-2,11-14,16H2. The van der Waals surface area contributed by atoms with Crippen molar-refractivity contribution in [2.45, 2.75) is 18.9 Å². The number of hydrogen-bond acceptors (Lipinski definition) is 5. The monoisotopic (exact) mass is 375 g/mol. The van der Waals surface area contributed by atoms with Crippen LogP contribution >= 0.6 is 0 Å². The summed E-state index contributed by atoms with van der Waals surface area (Å²) in [6.07, 6.45) is 6.44. The third-order valence-electron chi connectivity index (χ3n) is 5.55. The molecule has 4 heterocycles. The van der Waals surface area contributed by atoms with Gasteiger partial charge in [0.15, 0.2) is 0 Å². The van der Waals surface area contributed by atoms with Gasteiger partial charge in [-0.1, -0.05) is 12.1 Å². The van der Waals surface area contributed by atoms with E-state index in [-0.39, 0.29) is 6.10 Å². The lowest BCUT2D eigenvalue weighted by molar-refractivity contribution is 0.0277. The number of nitrogens with zero attached hydrogens (tertiary/aromatic N) is 4. The van der Waals surface area contributed by atoms with Crippen LogP contribution in [0.25, 0.3) is 16.9 Å². The first-order valence-electron chi connectivity index (χ1n) is 10.1. The van der Waals surface area contributed by atoms with Gasteiger partial charge in [0, 0.05) is 37.9 Å². The summed E-state index contributed by atoms with van der Waals surface area (Å²) in [5.74, 6) is 1.07. The third kappa shape index (κ3) is 3.41. The molecule has 28 heavy (non-hydrogen) atoms. The molecular formula is C22H25N5O. The summed E-state index contributed by atoms with van der Waals surface area (Å²) < 4.78 is 7.81. The zero-order valence-corrected chi connectivity index (χ0v) is 15.9. The van der Waals surface area contributed by atoms with Crippen LogP contribution in [0.5, 0.6) is 0 Å². The summed E-state index contributed by atoms with van der Waals surface area (Å²) in [4.78, 5) is 7.04. The van der Waals surface area contributed by atoms with Crippen molar-refractivity contribution in [1.29, 1.82) is 0 Å². The number of morpholine rings is 1. The topological polar surface area (TPSA) is 55.2 Å². The fourth-order valence-corrected chi connectivity index (χ4v) is 4.01. The lowest BCUT2D eigenvalue weighted by atomic mass is 10.1. The molecule has 2 aliphatic heterocycles. The Morgan fingerprint density at radius 1 is 1.00 bits per heavy atom. The first-order chi connectivity index (χ1) is 13.9. The van der Waals surface area contributed by atoms with E-state index in [1.807, 2.05) is 23.1 Å². The maximum Gasteiger partial charge on any atom is 0.128 e.